The summed E-state index contributed by atoms with van der Waals surface area (Å²) in [5, 5.41) is 10.0. The van der Waals surface area contributed by atoms with Gasteiger partial charge in [-0.3, -0.25) is 13.9 Å². The molecule has 1 amide bonds. The summed E-state index contributed by atoms with van der Waals surface area (Å²) in [7, 11) is 2.61. The maximum Gasteiger partial charge on any atom is 0.416 e. The van der Waals surface area contributed by atoms with Gasteiger partial charge in [-0.15, -0.1) is 22.0 Å². The van der Waals surface area contributed by atoms with Crippen molar-refractivity contribution in [2.75, 3.05) is 18.7 Å². The van der Waals surface area contributed by atoms with Crippen molar-refractivity contribution in [3.63, 3.8) is 0 Å². The van der Waals surface area contributed by atoms with Gasteiger partial charge in [0.2, 0.25) is 5.91 Å². The van der Waals surface area contributed by atoms with E-state index in [2.05, 4.69) is 20.5 Å². The Morgan fingerprint density at radius 1 is 1.16 bits per heavy atom. The second-order valence-electron chi connectivity index (χ2n) is 9.31. The van der Waals surface area contributed by atoms with Crippen LogP contribution < -0.4 is 20.5 Å². The number of halogens is 4. The van der Waals surface area contributed by atoms with E-state index in [1.165, 1.54) is 38.3 Å². The number of imidazole rings is 1. The molecule has 0 radical (unpaired) electrons. The van der Waals surface area contributed by atoms with Crippen molar-refractivity contribution < 1.29 is 31.8 Å². The lowest BCUT2D eigenvalue weighted by Crippen LogP contribution is -2.28. The number of benzene rings is 3. The minimum absolute atomic E-state index is 0.0106. The number of anilines is 1. The number of fused-ring (bicyclic) bond motifs is 1. The van der Waals surface area contributed by atoms with Crippen LogP contribution in [0.4, 0.5) is 23.2 Å². The van der Waals surface area contributed by atoms with Gasteiger partial charge in [0.25, 0.3) is 0 Å². The van der Waals surface area contributed by atoms with Crippen molar-refractivity contribution in [2.45, 2.75) is 24.2 Å². The summed E-state index contributed by atoms with van der Waals surface area (Å²) in [5.74, 6) is -1.62. The van der Waals surface area contributed by atoms with Crippen molar-refractivity contribution in [1.29, 1.82) is 0 Å². The molecule has 5 aromatic rings. The van der Waals surface area contributed by atoms with Crippen molar-refractivity contribution in [3.05, 3.63) is 82.5 Å². The molecule has 2 N–H and O–H groups in total. The molecule has 0 saturated heterocycles. The van der Waals surface area contributed by atoms with E-state index in [0.29, 0.717) is 11.5 Å². The first-order chi connectivity index (χ1) is 20.5. The average Bonchev–Trinajstić information content (AvgIpc) is 3.58. The number of hydrogen-bond acceptors (Lipinski definition) is 7. The van der Waals surface area contributed by atoms with Gasteiger partial charge < -0.3 is 19.8 Å². The third-order valence-corrected chi connectivity index (χ3v) is 7.30. The van der Waals surface area contributed by atoms with Crippen LogP contribution in [0.2, 0.25) is 0 Å². The summed E-state index contributed by atoms with van der Waals surface area (Å²) >= 11 is 1.46. The zero-order valence-corrected chi connectivity index (χ0v) is 23.8. The molecule has 0 fully saturated rings. The molecule has 2 aromatic heterocycles. The second-order valence-corrected chi connectivity index (χ2v) is 10.2. The lowest BCUT2D eigenvalue weighted by Gasteiger charge is -2.15. The van der Waals surface area contributed by atoms with E-state index in [9.17, 15) is 22.8 Å². The number of hydrogen-bond donors (Lipinski definition) is 2. The predicted octanol–water partition coefficient (Wildman–Crippen LogP) is 5.23. The van der Waals surface area contributed by atoms with Gasteiger partial charge in [-0.1, -0.05) is 6.07 Å². The van der Waals surface area contributed by atoms with Crippen molar-refractivity contribution >= 4 is 34.4 Å². The molecular weight excluding hydrogens is 592 g/mol. The molecule has 0 aliphatic rings. The molecule has 0 saturated carbocycles. The quantitative estimate of drug-likeness (QED) is 0.172. The topological polar surface area (TPSA) is 116 Å². The van der Waals surface area contributed by atoms with Crippen LogP contribution in [0.25, 0.3) is 22.2 Å². The maximum atomic E-state index is 15.4. The van der Waals surface area contributed by atoms with Crippen molar-refractivity contribution in [3.8, 4) is 22.6 Å². The smallest absolute Gasteiger partial charge is 0.416 e. The molecule has 15 heteroatoms. The number of ether oxygens (including phenoxy) is 2. The van der Waals surface area contributed by atoms with E-state index in [1.54, 1.807) is 18.2 Å². The molecule has 2 heterocycles. The van der Waals surface area contributed by atoms with Gasteiger partial charge in [0.05, 0.1) is 23.7 Å². The molecule has 3 aromatic carbocycles. The number of H-pyrrole nitrogens is 1. The molecule has 0 bridgehead atoms. The van der Waals surface area contributed by atoms with Gasteiger partial charge >= 0.3 is 11.9 Å². The fraction of sp³-hybridized carbons (Fsp3) is 0.214. The maximum absolute atomic E-state index is 15.4. The summed E-state index contributed by atoms with van der Waals surface area (Å²) in [6.45, 7) is -0.742. The Morgan fingerprint density at radius 3 is 2.63 bits per heavy atom. The molecule has 0 aliphatic carbocycles. The predicted molar refractivity (Wildman–Crippen MR) is 152 cm³/mol. The number of carbonyl (C=O) groups excluding carboxylic acids is 1. The second kappa shape index (κ2) is 11.8. The largest absolute Gasteiger partial charge is 0.493 e. The van der Waals surface area contributed by atoms with Crippen LogP contribution in [0.3, 0.4) is 0 Å². The Morgan fingerprint density at radius 2 is 1.95 bits per heavy atom. The molecule has 0 aliphatic heterocycles. The minimum Gasteiger partial charge on any atom is -0.493 e. The van der Waals surface area contributed by atoms with E-state index in [4.69, 9.17) is 9.47 Å². The SMILES string of the molecule is COc1cc(-c2cc(C(F)(F)F)cc3c2n(C)c(=O)n3CC(=O)Nc2cccc(SC)c2)cc(F)c1OCc1nnc[nH]1. The normalized spacial score (nSPS) is 11.6. The third kappa shape index (κ3) is 6.07. The molecule has 224 valence electrons. The van der Waals surface area contributed by atoms with Crippen LogP contribution in [0.1, 0.15) is 11.4 Å². The van der Waals surface area contributed by atoms with E-state index in [-0.39, 0.29) is 40.3 Å². The Kier molecular flexibility index (Phi) is 8.17. The van der Waals surface area contributed by atoms with Crippen molar-refractivity contribution in [2.24, 2.45) is 7.05 Å². The minimum atomic E-state index is -4.82. The first kappa shape index (κ1) is 29.7. The summed E-state index contributed by atoms with van der Waals surface area (Å²) in [4.78, 5) is 29.8. The number of methoxy groups -OCH3 is 1. The molecule has 0 atom stereocenters. The number of alkyl halides is 3. The van der Waals surface area contributed by atoms with Gasteiger partial charge in [0.1, 0.15) is 19.5 Å². The fourth-order valence-electron chi connectivity index (χ4n) is 4.60. The van der Waals surface area contributed by atoms with Crippen LogP contribution >= 0.6 is 11.8 Å². The fourth-order valence-corrected chi connectivity index (χ4v) is 5.06. The highest BCUT2D eigenvalue weighted by atomic mass is 32.2. The Balaban J connectivity index is 1.60. The highest BCUT2D eigenvalue weighted by Crippen LogP contribution is 2.41. The number of aryl methyl sites for hydroxylation is 1. The summed E-state index contributed by atoms with van der Waals surface area (Å²) < 4.78 is 70.5. The van der Waals surface area contributed by atoms with E-state index >= 15 is 4.39 Å². The lowest BCUT2D eigenvalue weighted by atomic mass is 9.99. The van der Waals surface area contributed by atoms with E-state index in [1.807, 2.05) is 12.3 Å². The average molecular weight is 617 g/mol. The highest BCUT2D eigenvalue weighted by Gasteiger charge is 2.33. The monoisotopic (exact) mass is 616 g/mol. The molecule has 0 spiro atoms. The Labute approximate surface area is 245 Å². The first-order valence-corrected chi connectivity index (χ1v) is 13.8. The summed E-state index contributed by atoms with van der Waals surface area (Å²) in [6, 6.07) is 10.9. The number of aromatic nitrogens is 5. The highest BCUT2D eigenvalue weighted by molar-refractivity contribution is 7.98. The molecule has 10 nitrogen and oxygen atoms in total. The number of nitrogens with one attached hydrogen (secondary N) is 2. The van der Waals surface area contributed by atoms with Gasteiger partial charge in [-0.2, -0.15) is 13.2 Å². The first-order valence-electron chi connectivity index (χ1n) is 12.6. The van der Waals surface area contributed by atoms with Crippen LogP contribution in [-0.4, -0.2) is 43.6 Å². The van der Waals surface area contributed by atoms with Gasteiger partial charge in [0, 0.05) is 23.2 Å². The molecule has 43 heavy (non-hydrogen) atoms. The van der Waals surface area contributed by atoms with Gasteiger partial charge in [-0.05, 0) is 54.3 Å². The van der Waals surface area contributed by atoms with Crippen LogP contribution in [-0.2, 0) is 31.2 Å². The number of amides is 1. The number of rotatable bonds is 9. The number of aromatic amines is 1. The molecule has 5 rings (SSSR count). The van der Waals surface area contributed by atoms with Gasteiger partial charge in [0.15, 0.2) is 23.1 Å². The summed E-state index contributed by atoms with van der Waals surface area (Å²) in [6.07, 6.45) is -1.63. The van der Waals surface area contributed by atoms with E-state index in [0.717, 1.165) is 32.2 Å². The van der Waals surface area contributed by atoms with Crippen LogP contribution in [0.15, 0.2) is 64.5 Å². The standard InChI is InChI=1S/C28H24F4N6O4S/c1-37-25-19(15-7-20(29)26(22(8-15)41-2)42-13-23-33-14-34-36-23)9-16(28(30,31)32)10-21(25)38(27(37)40)12-24(39)35-17-5-4-6-18(11-17)43-3/h4-11,14H,12-13H2,1-3H3,(H,35,39)(H,33,34,36). The Hall–Kier alpha value is -4.79. The van der Waals surface area contributed by atoms with E-state index < -0.39 is 35.7 Å². The number of carbonyl (C=O) groups is 1. The Bertz CT molecular complexity index is 1870. The zero-order chi connectivity index (χ0) is 30.9. The summed E-state index contributed by atoms with van der Waals surface area (Å²) in [5.41, 5.74) is -1.56. The number of thioether (sulfide) groups is 1. The van der Waals surface area contributed by atoms with Crippen LogP contribution in [0, 0.1) is 5.82 Å². The lowest BCUT2D eigenvalue weighted by molar-refractivity contribution is -0.137. The number of nitrogens with zero attached hydrogens (tertiary/aromatic N) is 4. The van der Waals surface area contributed by atoms with Crippen LogP contribution in [0.5, 0.6) is 11.5 Å². The zero-order valence-electron chi connectivity index (χ0n) is 23.0. The molecular formula is C28H24F4N6O4S. The van der Waals surface area contributed by atoms with Crippen molar-refractivity contribution in [1.82, 2.24) is 24.3 Å². The molecule has 0 unspecified atom stereocenters. The third-order valence-electron chi connectivity index (χ3n) is 6.58. The van der Waals surface area contributed by atoms with Gasteiger partial charge in [-0.25, -0.2) is 9.18 Å².